The Morgan fingerprint density at radius 1 is 1.15 bits per heavy atom. The van der Waals surface area contributed by atoms with Crippen molar-refractivity contribution in [3.63, 3.8) is 0 Å². The van der Waals surface area contributed by atoms with Gasteiger partial charge in [-0.3, -0.25) is 9.89 Å². The van der Waals surface area contributed by atoms with Gasteiger partial charge in [-0.15, -0.1) is 0 Å². The van der Waals surface area contributed by atoms with E-state index in [-0.39, 0.29) is 23.0 Å². The Morgan fingerprint density at radius 2 is 1.94 bits per heavy atom. The molecule has 3 heterocycles. The van der Waals surface area contributed by atoms with Gasteiger partial charge in [-0.2, -0.15) is 10.2 Å². The number of phenolic OH excluding ortho intramolecular Hbond substituents is 2. The highest BCUT2D eigenvalue weighted by atomic mass is 16.3. The Balaban J connectivity index is 1.41. The molecule has 0 unspecified atom stereocenters. The van der Waals surface area contributed by atoms with Crippen molar-refractivity contribution in [1.82, 2.24) is 24.9 Å². The number of rotatable bonds is 6. The van der Waals surface area contributed by atoms with E-state index in [0.29, 0.717) is 37.1 Å². The molecular weight excluding hydrogens is 432 g/mol. The molecule has 0 saturated heterocycles. The average Bonchev–Trinajstić information content (AvgIpc) is 3.50. The molecule has 9 heteroatoms. The number of fused-ring (bicyclic) bond motifs is 1. The highest BCUT2D eigenvalue weighted by molar-refractivity contribution is 6.03. The predicted octanol–water partition coefficient (Wildman–Crippen LogP) is 4.09. The van der Waals surface area contributed by atoms with E-state index in [0.717, 1.165) is 16.8 Å². The number of aromatic hydroxyl groups is 2. The summed E-state index contributed by atoms with van der Waals surface area (Å²) >= 11 is 0. The summed E-state index contributed by atoms with van der Waals surface area (Å²) in [5.41, 5.74) is 4.56. The lowest BCUT2D eigenvalue weighted by atomic mass is 10.0. The van der Waals surface area contributed by atoms with E-state index >= 15 is 0 Å². The summed E-state index contributed by atoms with van der Waals surface area (Å²) in [7, 11) is 0. The van der Waals surface area contributed by atoms with Crippen molar-refractivity contribution < 1.29 is 15.0 Å². The Morgan fingerprint density at radius 3 is 2.68 bits per heavy atom. The average molecular weight is 459 g/mol. The summed E-state index contributed by atoms with van der Waals surface area (Å²) < 4.78 is 1.77. The monoisotopic (exact) mass is 458 g/mol. The van der Waals surface area contributed by atoms with Crippen LogP contribution in [0, 0.1) is 0 Å². The van der Waals surface area contributed by atoms with Gasteiger partial charge in [0.2, 0.25) is 0 Å². The van der Waals surface area contributed by atoms with E-state index in [2.05, 4.69) is 58.7 Å². The number of benzene rings is 2. The topological polar surface area (TPSA) is 119 Å². The lowest BCUT2D eigenvalue weighted by Crippen LogP contribution is -2.26. The van der Waals surface area contributed by atoms with Gasteiger partial charge in [-0.05, 0) is 17.0 Å². The maximum atomic E-state index is 13.3. The van der Waals surface area contributed by atoms with Crippen LogP contribution in [-0.2, 0) is 19.6 Å². The van der Waals surface area contributed by atoms with Crippen LogP contribution in [0.15, 0.2) is 54.9 Å². The first-order valence-corrected chi connectivity index (χ1v) is 11.1. The third-order valence-electron chi connectivity index (χ3n) is 6.08. The van der Waals surface area contributed by atoms with E-state index in [1.54, 1.807) is 28.0 Å². The van der Waals surface area contributed by atoms with Crippen molar-refractivity contribution in [2.24, 2.45) is 0 Å². The number of carbonyl (C=O) groups excluding carboxylic acids is 1. The molecule has 0 atom stereocenters. The van der Waals surface area contributed by atoms with Crippen LogP contribution in [0.1, 0.15) is 52.5 Å². The normalized spacial score (nSPS) is 12.9. The largest absolute Gasteiger partial charge is 0.508 e. The van der Waals surface area contributed by atoms with Gasteiger partial charge in [0.25, 0.3) is 5.91 Å². The van der Waals surface area contributed by atoms with Crippen LogP contribution in [0.5, 0.6) is 11.5 Å². The molecule has 4 aromatic rings. The summed E-state index contributed by atoms with van der Waals surface area (Å²) in [5, 5.41) is 35.2. The number of H-pyrrole nitrogens is 1. The second-order valence-corrected chi connectivity index (χ2v) is 8.82. The molecular formula is C25H26N6O3. The standard InChI is InChI=1S/C25H26N6O3/c1-15(2)17-5-3-16(4-6-17)12-31-23(7-8-27-31)28-20-9-19(32)10-22(33)24(20)25(34)30-13-18-11-26-29-21(18)14-30/h3-11,15,28,32-33H,12-14H2,1-2H3,(H,26,29). The summed E-state index contributed by atoms with van der Waals surface area (Å²) in [4.78, 5) is 15.0. The van der Waals surface area contributed by atoms with E-state index in [1.807, 2.05) is 0 Å². The summed E-state index contributed by atoms with van der Waals surface area (Å²) in [6, 6.07) is 12.8. The smallest absolute Gasteiger partial charge is 0.260 e. The second kappa shape index (κ2) is 8.58. The maximum absolute atomic E-state index is 13.3. The van der Waals surface area contributed by atoms with Gasteiger partial charge in [0.1, 0.15) is 22.9 Å². The van der Waals surface area contributed by atoms with Gasteiger partial charge in [0.05, 0.1) is 36.9 Å². The Bertz CT molecular complexity index is 1320. The molecule has 2 aromatic heterocycles. The van der Waals surface area contributed by atoms with Crippen LogP contribution < -0.4 is 5.32 Å². The second-order valence-electron chi connectivity index (χ2n) is 8.82. The third kappa shape index (κ3) is 4.07. The van der Waals surface area contributed by atoms with Crippen LogP contribution in [-0.4, -0.2) is 41.0 Å². The Labute approximate surface area is 196 Å². The molecule has 2 aromatic carbocycles. The third-order valence-corrected chi connectivity index (χ3v) is 6.08. The number of nitrogens with zero attached hydrogens (tertiary/aromatic N) is 4. The van der Waals surface area contributed by atoms with E-state index in [4.69, 9.17) is 0 Å². The van der Waals surface area contributed by atoms with Gasteiger partial charge in [-0.1, -0.05) is 38.1 Å². The minimum absolute atomic E-state index is 0.0879. The van der Waals surface area contributed by atoms with Crippen molar-refractivity contribution in [3.8, 4) is 11.5 Å². The summed E-state index contributed by atoms with van der Waals surface area (Å²) in [6.07, 6.45) is 3.36. The highest BCUT2D eigenvalue weighted by Crippen LogP contribution is 2.35. The molecule has 1 aliphatic rings. The molecule has 4 N–H and O–H groups in total. The van der Waals surface area contributed by atoms with E-state index < -0.39 is 0 Å². The molecule has 34 heavy (non-hydrogen) atoms. The number of phenols is 2. The minimum Gasteiger partial charge on any atom is -0.508 e. The fourth-order valence-electron chi connectivity index (χ4n) is 4.18. The Hall–Kier alpha value is -4.27. The zero-order valence-electron chi connectivity index (χ0n) is 19.0. The lowest BCUT2D eigenvalue weighted by Gasteiger charge is -2.20. The first-order chi connectivity index (χ1) is 16.4. The van der Waals surface area contributed by atoms with Crippen molar-refractivity contribution in [2.45, 2.75) is 39.4 Å². The highest BCUT2D eigenvalue weighted by Gasteiger charge is 2.29. The van der Waals surface area contributed by atoms with Crippen molar-refractivity contribution in [2.75, 3.05) is 5.32 Å². The van der Waals surface area contributed by atoms with Gasteiger partial charge < -0.3 is 20.4 Å². The zero-order valence-corrected chi connectivity index (χ0v) is 19.0. The zero-order chi connectivity index (χ0) is 23.8. The molecule has 5 rings (SSSR count). The molecule has 0 fully saturated rings. The number of nitrogens with one attached hydrogen (secondary N) is 2. The van der Waals surface area contributed by atoms with Crippen molar-refractivity contribution in [3.05, 3.63) is 82.8 Å². The van der Waals surface area contributed by atoms with Crippen molar-refractivity contribution in [1.29, 1.82) is 0 Å². The number of hydrogen-bond donors (Lipinski definition) is 4. The predicted molar refractivity (Wildman–Crippen MR) is 127 cm³/mol. The quantitative estimate of drug-likeness (QED) is 0.346. The number of amides is 1. The summed E-state index contributed by atoms with van der Waals surface area (Å²) in [5.74, 6) is 0.294. The van der Waals surface area contributed by atoms with Crippen LogP contribution in [0.2, 0.25) is 0 Å². The fourth-order valence-corrected chi connectivity index (χ4v) is 4.18. The molecule has 0 spiro atoms. The van der Waals surface area contributed by atoms with Gasteiger partial charge in [0.15, 0.2) is 0 Å². The molecule has 0 aliphatic carbocycles. The minimum atomic E-state index is -0.347. The first kappa shape index (κ1) is 21.6. The number of hydrogen-bond acceptors (Lipinski definition) is 6. The number of aromatic amines is 1. The number of anilines is 2. The van der Waals surface area contributed by atoms with Gasteiger partial charge >= 0.3 is 0 Å². The van der Waals surface area contributed by atoms with Crippen molar-refractivity contribution >= 4 is 17.4 Å². The number of aromatic nitrogens is 4. The van der Waals surface area contributed by atoms with Crippen LogP contribution >= 0.6 is 0 Å². The molecule has 1 amide bonds. The molecule has 9 nitrogen and oxygen atoms in total. The molecule has 0 bridgehead atoms. The van der Waals surface area contributed by atoms with Gasteiger partial charge in [-0.25, -0.2) is 4.68 Å². The van der Waals surface area contributed by atoms with Gasteiger partial charge in [0, 0.05) is 30.3 Å². The SMILES string of the molecule is CC(C)c1ccc(Cn2nccc2Nc2cc(O)cc(O)c2C(=O)N2Cc3cn[nH]c3C2)cc1. The van der Waals surface area contributed by atoms with E-state index in [9.17, 15) is 15.0 Å². The molecule has 1 aliphatic heterocycles. The van der Waals surface area contributed by atoms with Crippen LogP contribution in [0.4, 0.5) is 11.5 Å². The number of carbonyl (C=O) groups is 1. The fraction of sp³-hybridized carbons (Fsp3) is 0.240. The molecule has 0 saturated carbocycles. The Kier molecular flexibility index (Phi) is 5.45. The molecule has 0 radical (unpaired) electrons. The van der Waals surface area contributed by atoms with Crippen LogP contribution in [0.3, 0.4) is 0 Å². The lowest BCUT2D eigenvalue weighted by molar-refractivity contribution is 0.0747. The first-order valence-electron chi connectivity index (χ1n) is 11.1. The maximum Gasteiger partial charge on any atom is 0.260 e. The molecule has 174 valence electrons. The summed E-state index contributed by atoms with van der Waals surface area (Å²) in [6.45, 7) is 5.61. The van der Waals surface area contributed by atoms with Crippen LogP contribution in [0.25, 0.3) is 0 Å². The van der Waals surface area contributed by atoms with E-state index in [1.165, 1.54) is 17.7 Å².